The third-order valence-corrected chi connectivity index (χ3v) is 13.9. The summed E-state index contributed by atoms with van der Waals surface area (Å²) < 4.78 is 22.1. The first-order valence-corrected chi connectivity index (χ1v) is 17.2. The Morgan fingerprint density at radius 3 is 0.923 bits per heavy atom. The quantitative estimate of drug-likeness (QED) is 0.369. The minimum Gasteiger partial charge on any atom is -0.483 e. The van der Waals surface area contributed by atoms with Gasteiger partial charge in [-0.15, -0.1) is 0 Å². The summed E-state index contributed by atoms with van der Waals surface area (Å²) in [6.45, 7) is 0. The van der Waals surface area contributed by atoms with Crippen molar-refractivity contribution in [2.75, 3.05) is 0 Å². The van der Waals surface area contributed by atoms with Crippen LogP contribution in [0.2, 0.25) is 0 Å². The molecule has 0 radical (unpaired) electrons. The largest absolute Gasteiger partial charge is 0.483 e. The number of para-hydroxylation sites is 1. The molecule has 3 nitrogen and oxygen atoms in total. The van der Waals surface area contributed by atoms with Gasteiger partial charge in [0.15, 0.2) is 11.5 Å². The van der Waals surface area contributed by atoms with E-state index >= 15 is 0 Å². The smallest absolute Gasteiger partial charge is 0.204 e. The van der Waals surface area contributed by atoms with Gasteiger partial charge >= 0.3 is 0 Å². The van der Waals surface area contributed by atoms with Crippen molar-refractivity contribution in [3.63, 3.8) is 0 Å². The molecule has 0 amide bonds. The zero-order valence-electron chi connectivity index (χ0n) is 23.9. The predicted molar refractivity (Wildman–Crippen MR) is 151 cm³/mol. The molecule has 0 aliphatic heterocycles. The summed E-state index contributed by atoms with van der Waals surface area (Å²) in [4.78, 5) is 0. The van der Waals surface area contributed by atoms with Gasteiger partial charge in [-0.05, 0) is 181 Å². The molecule has 0 heterocycles. The maximum atomic E-state index is 7.45. The first kappa shape index (κ1) is 23.2. The second kappa shape index (κ2) is 7.91. The molecule has 12 bridgehead atoms. The standard InChI is InChI=1S/C36H48O3/c1-2-31(37-34-13-22-4-23(14-34)6-24(5-22)15-34)33(39-36-19-28-10-29(20-36)12-30(11-28)21-36)32(3-1)38-35-16-25-7-26(17-35)9-27(8-25)18-35/h1-3,22-30H,4-21H2. The number of rotatable bonds is 6. The van der Waals surface area contributed by atoms with Gasteiger partial charge in [0.25, 0.3) is 0 Å². The number of benzene rings is 1. The number of hydrogen-bond acceptors (Lipinski definition) is 3. The van der Waals surface area contributed by atoms with Crippen LogP contribution in [0.25, 0.3) is 0 Å². The highest BCUT2D eigenvalue weighted by Gasteiger charge is 2.56. The Kier molecular flexibility index (Phi) is 4.71. The van der Waals surface area contributed by atoms with Crippen LogP contribution in [0.3, 0.4) is 0 Å². The third kappa shape index (κ3) is 3.72. The lowest BCUT2D eigenvalue weighted by Gasteiger charge is -2.58. The fourth-order valence-electron chi connectivity index (χ4n) is 13.9. The van der Waals surface area contributed by atoms with Crippen LogP contribution in [0.4, 0.5) is 0 Å². The highest BCUT2D eigenvalue weighted by atomic mass is 16.6. The van der Waals surface area contributed by atoms with Crippen LogP contribution in [0.1, 0.15) is 116 Å². The van der Waals surface area contributed by atoms with Crippen LogP contribution in [0, 0.1) is 53.3 Å². The molecule has 0 saturated heterocycles. The Morgan fingerprint density at radius 1 is 0.385 bits per heavy atom. The maximum Gasteiger partial charge on any atom is 0.204 e. The van der Waals surface area contributed by atoms with E-state index in [0.717, 1.165) is 70.5 Å². The van der Waals surface area contributed by atoms with Crippen molar-refractivity contribution in [2.24, 2.45) is 53.3 Å². The first-order valence-electron chi connectivity index (χ1n) is 17.2. The van der Waals surface area contributed by atoms with Gasteiger partial charge in [0, 0.05) is 0 Å². The van der Waals surface area contributed by atoms with Crippen LogP contribution < -0.4 is 14.2 Å². The van der Waals surface area contributed by atoms with E-state index in [0.29, 0.717) is 0 Å². The highest BCUT2D eigenvalue weighted by Crippen LogP contribution is 2.62. The van der Waals surface area contributed by atoms with Gasteiger partial charge in [-0.3, -0.25) is 0 Å². The van der Waals surface area contributed by atoms with Crippen molar-refractivity contribution in [2.45, 2.75) is 132 Å². The molecule has 13 rings (SSSR count). The minimum atomic E-state index is 0.00919. The van der Waals surface area contributed by atoms with Gasteiger partial charge in [-0.1, -0.05) is 6.07 Å². The van der Waals surface area contributed by atoms with Crippen LogP contribution in [0.5, 0.6) is 17.2 Å². The van der Waals surface area contributed by atoms with Crippen LogP contribution in [-0.2, 0) is 0 Å². The Balaban J connectivity index is 1.03. The topological polar surface area (TPSA) is 27.7 Å². The first-order chi connectivity index (χ1) is 19.0. The van der Waals surface area contributed by atoms with E-state index in [4.69, 9.17) is 14.2 Å². The van der Waals surface area contributed by atoms with E-state index in [1.54, 1.807) is 0 Å². The average molecular weight is 529 g/mol. The number of ether oxygens (including phenoxy) is 3. The summed E-state index contributed by atoms with van der Waals surface area (Å²) in [5.41, 5.74) is 0.0799. The summed E-state index contributed by atoms with van der Waals surface area (Å²) in [6, 6.07) is 6.72. The molecule has 0 unspecified atom stereocenters. The molecule has 0 spiro atoms. The van der Waals surface area contributed by atoms with E-state index in [-0.39, 0.29) is 16.8 Å². The van der Waals surface area contributed by atoms with Gasteiger partial charge in [0.2, 0.25) is 5.75 Å². The van der Waals surface area contributed by atoms with Gasteiger partial charge in [0.1, 0.15) is 16.8 Å². The maximum absolute atomic E-state index is 7.45. The second-order valence-electron chi connectivity index (χ2n) is 17.2. The second-order valence-corrected chi connectivity index (χ2v) is 17.2. The molecular formula is C36H48O3. The molecule has 12 aliphatic carbocycles. The van der Waals surface area contributed by atoms with Gasteiger partial charge in [-0.2, -0.15) is 0 Å². The summed E-state index contributed by atoms with van der Waals surface area (Å²) in [5.74, 6) is 11.0. The Labute approximate surface area is 235 Å². The molecule has 12 fully saturated rings. The van der Waals surface area contributed by atoms with E-state index in [9.17, 15) is 0 Å². The SMILES string of the molecule is c1cc(OC23CC4CC(CC(C4)C2)C3)c(OC23CC4CC(CC(C4)C2)C3)c(OC23CC4CC(CC(C4)C2)C3)c1. The molecule has 1 aromatic carbocycles. The monoisotopic (exact) mass is 528 g/mol. The summed E-state index contributed by atoms with van der Waals surface area (Å²) in [6.07, 6.45) is 24.4. The van der Waals surface area contributed by atoms with Gasteiger partial charge in [0.05, 0.1) is 0 Å². The summed E-state index contributed by atoms with van der Waals surface area (Å²) in [5, 5.41) is 0. The average Bonchev–Trinajstić information content (AvgIpc) is 2.83. The van der Waals surface area contributed by atoms with Crippen LogP contribution in [0.15, 0.2) is 18.2 Å². The lowest BCUT2D eigenvalue weighted by atomic mass is 9.54. The van der Waals surface area contributed by atoms with E-state index in [2.05, 4.69) is 18.2 Å². The lowest BCUT2D eigenvalue weighted by molar-refractivity contribution is -0.126. The molecule has 3 heteroatoms. The molecule has 0 atom stereocenters. The van der Waals surface area contributed by atoms with Gasteiger partial charge in [-0.25, -0.2) is 0 Å². The van der Waals surface area contributed by atoms with Crippen LogP contribution in [-0.4, -0.2) is 16.8 Å². The fraction of sp³-hybridized carbons (Fsp3) is 0.833. The zero-order chi connectivity index (χ0) is 25.4. The Morgan fingerprint density at radius 2 is 0.641 bits per heavy atom. The van der Waals surface area contributed by atoms with Crippen molar-refractivity contribution >= 4 is 0 Å². The lowest BCUT2D eigenvalue weighted by Crippen LogP contribution is -2.55. The van der Waals surface area contributed by atoms with Gasteiger partial charge < -0.3 is 14.2 Å². The van der Waals surface area contributed by atoms with E-state index in [1.807, 2.05) is 0 Å². The molecule has 210 valence electrons. The highest BCUT2D eigenvalue weighted by molar-refractivity contribution is 5.52. The van der Waals surface area contributed by atoms with Crippen LogP contribution >= 0.6 is 0 Å². The molecule has 1 aromatic rings. The summed E-state index contributed by atoms with van der Waals surface area (Å²) in [7, 11) is 0. The normalized spacial score (nSPS) is 53.4. The third-order valence-electron chi connectivity index (χ3n) is 13.9. The molecule has 12 saturated carbocycles. The molecule has 0 aromatic heterocycles. The Hall–Kier alpha value is -1.38. The van der Waals surface area contributed by atoms with Crippen molar-refractivity contribution in [3.8, 4) is 17.2 Å². The van der Waals surface area contributed by atoms with Crippen molar-refractivity contribution in [1.29, 1.82) is 0 Å². The zero-order valence-corrected chi connectivity index (χ0v) is 23.9. The summed E-state index contributed by atoms with van der Waals surface area (Å²) >= 11 is 0. The number of hydrogen-bond donors (Lipinski definition) is 0. The minimum absolute atomic E-state index is 0.00919. The molecule has 39 heavy (non-hydrogen) atoms. The molecular weight excluding hydrogens is 480 g/mol. The van der Waals surface area contributed by atoms with Crippen molar-refractivity contribution < 1.29 is 14.2 Å². The molecule has 0 N–H and O–H groups in total. The van der Waals surface area contributed by atoms with Crippen molar-refractivity contribution in [3.05, 3.63) is 18.2 Å². The van der Waals surface area contributed by atoms with E-state index < -0.39 is 0 Å². The van der Waals surface area contributed by atoms with E-state index in [1.165, 1.54) is 116 Å². The fourth-order valence-corrected chi connectivity index (χ4v) is 13.9. The predicted octanol–water partition coefficient (Wildman–Crippen LogP) is 8.73. The Bertz CT molecular complexity index is 996. The molecule has 12 aliphatic rings. The van der Waals surface area contributed by atoms with Crippen molar-refractivity contribution in [1.82, 2.24) is 0 Å².